The Bertz CT molecular complexity index is 685. The zero-order valence-corrected chi connectivity index (χ0v) is 12.7. The van der Waals surface area contributed by atoms with E-state index in [1.807, 2.05) is 6.92 Å². The number of thiophene rings is 1. The fraction of sp³-hybridized carbons (Fsp3) is 0.500. The largest absolute Gasteiger partial charge is 0.477 e. The smallest absolute Gasteiger partial charge is 0.346 e. The minimum atomic E-state index is -0.915. The summed E-state index contributed by atoms with van der Waals surface area (Å²) in [5.41, 5.74) is 0.729. The van der Waals surface area contributed by atoms with Gasteiger partial charge in [0.15, 0.2) is 0 Å². The number of rotatable bonds is 4. The third kappa shape index (κ3) is 2.58. The van der Waals surface area contributed by atoms with Crippen molar-refractivity contribution in [3.63, 3.8) is 0 Å². The summed E-state index contributed by atoms with van der Waals surface area (Å²) in [5, 5.41) is 13.5. The van der Waals surface area contributed by atoms with Gasteiger partial charge >= 0.3 is 5.97 Å². The molecule has 1 aliphatic carbocycles. The highest BCUT2D eigenvalue weighted by molar-refractivity contribution is 7.20. The molecule has 0 saturated heterocycles. The summed E-state index contributed by atoms with van der Waals surface area (Å²) in [5.74, 6) is -0.190. The lowest BCUT2D eigenvalue weighted by Gasteiger charge is -2.14. The number of fused-ring (bicyclic) bond motifs is 1. The minimum absolute atomic E-state index is 0.290. The van der Waals surface area contributed by atoms with E-state index < -0.39 is 5.97 Å². The number of nitrogens with zero attached hydrogens (tertiary/aromatic N) is 2. The maximum Gasteiger partial charge on any atom is 0.346 e. The van der Waals surface area contributed by atoms with Crippen LogP contribution in [0.15, 0.2) is 6.33 Å². The van der Waals surface area contributed by atoms with E-state index in [2.05, 4.69) is 15.3 Å². The molecule has 2 heterocycles. The van der Waals surface area contributed by atoms with E-state index >= 15 is 0 Å². The fourth-order valence-electron chi connectivity index (χ4n) is 2.86. The molecule has 1 saturated carbocycles. The van der Waals surface area contributed by atoms with E-state index in [0.29, 0.717) is 15.7 Å². The average Bonchev–Trinajstić information content (AvgIpc) is 3.04. The molecule has 0 radical (unpaired) electrons. The standard InChI is InChI=1S/C14H17N3O3S/c1-7-10-12(17-8-3-4-9(5-8)20-2)15-6-16-13(10)21-11(7)14(18)19/h6,8-9H,3-5H2,1-2H3,(H,18,19)(H,15,16,17). The summed E-state index contributed by atoms with van der Waals surface area (Å²) in [4.78, 5) is 20.8. The van der Waals surface area contributed by atoms with Crippen molar-refractivity contribution in [1.82, 2.24) is 9.97 Å². The SMILES string of the molecule is COC1CCC(Nc2ncnc3sc(C(=O)O)c(C)c23)C1. The van der Waals surface area contributed by atoms with E-state index in [1.165, 1.54) is 17.7 Å². The second-order valence-electron chi connectivity index (χ2n) is 5.28. The van der Waals surface area contributed by atoms with Gasteiger partial charge in [0.2, 0.25) is 0 Å². The molecule has 0 spiro atoms. The molecule has 7 heteroatoms. The molecule has 21 heavy (non-hydrogen) atoms. The number of hydrogen-bond donors (Lipinski definition) is 2. The zero-order valence-electron chi connectivity index (χ0n) is 11.9. The van der Waals surface area contributed by atoms with Gasteiger partial charge in [0.1, 0.15) is 21.9 Å². The van der Waals surface area contributed by atoms with Crippen LogP contribution < -0.4 is 5.32 Å². The van der Waals surface area contributed by atoms with Gasteiger partial charge < -0.3 is 15.2 Å². The molecule has 2 atom stereocenters. The number of aromatic carboxylic acids is 1. The summed E-state index contributed by atoms with van der Waals surface area (Å²) < 4.78 is 5.38. The quantitative estimate of drug-likeness (QED) is 0.903. The molecule has 3 rings (SSSR count). The van der Waals surface area contributed by atoms with Crippen LogP contribution in [0.4, 0.5) is 5.82 Å². The van der Waals surface area contributed by atoms with Crippen LogP contribution in [0, 0.1) is 6.92 Å². The van der Waals surface area contributed by atoms with Crippen LogP contribution >= 0.6 is 11.3 Å². The topological polar surface area (TPSA) is 84.3 Å². The second-order valence-corrected chi connectivity index (χ2v) is 6.27. The van der Waals surface area contributed by atoms with Gasteiger partial charge in [-0.05, 0) is 31.7 Å². The number of nitrogens with one attached hydrogen (secondary N) is 1. The number of carboxylic acids is 1. The lowest BCUT2D eigenvalue weighted by atomic mass is 10.2. The van der Waals surface area contributed by atoms with Crippen LogP contribution in [0.1, 0.15) is 34.5 Å². The first-order chi connectivity index (χ1) is 10.1. The molecular formula is C14H17N3O3S. The van der Waals surface area contributed by atoms with Gasteiger partial charge in [-0.2, -0.15) is 0 Å². The first-order valence-electron chi connectivity index (χ1n) is 6.87. The molecular weight excluding hydrogens is 290 g/mol. The highest BCUT2D eigenvalue weighted by atomic mass is 32.1. The molecule has 2 N–H and O–H groups in total. The highest BCUT2D eigenvalue weighted by Crippen LogP contribution is 2.34. The number of aromatic nitrogens is 2. The van der Waals surface area contributed by atoms with Gasteiger partial charge in [-0.3, -0.25) is 0 Å². The molecule has 2 unspecified atom stereocenters. The van der Waals surface area contributed by atoms with Crippen LogP contribution in [0.3, 0.4) is 0 Å². The predicted octanol–water partition coefficient (Wildman–Crippen LogP) is 2.68. The number of carbonyl (C=O) groups is 1. The van der Waals surface area contributed by atoms with Crippen molar-refractivity contribution in [1.29, 1.82) is 0 Å². The van der Waals surface area contributed by atoms with Crippen LogP contribution in [-0.4, -0.2) is 40.3 Å². The minimum Gasteiger partial charge on any atom is -0.477 e. The summed E-state index contributed by atoms with van der Waals surface area (Å²) in [7, 11) is 1.73. The van der Waals surface area contributed by atoms with Crippen molar-refractivity contribution >= 4 is 33.3 Å². The van der Waals surface area contributed by atoms with Crippen LogP contribution in [-0.2, 0) is 4.74 Å². The number of ether oxygens (including phenoxy) is 1. The van der Waals surface area contributed by atoms with Crippen LogP contribution in [0.2, 0.25) is 0 Å². The molecule has 0 bridgehead atoms. The number of carboxylic acid groups (broad SMARTS) is 1. The summed E-state index contributed by atoms with van der Waals surface area (Å²) in [6, 6.07) is 0.306. The van der Waals surface area contributed by atoms with Crippen molar-refractivity contribution in [3.05, 3.63) is 16.8 Å². The molecule has 0 amide bonds. The highest BCUT2D eigenvalue weighted by Gasteiger charge is 2.26. The fourth-order valence-corrected chi connectivity index (χ4v) is 3.85. The second kappa shape index (κ2) is 5.57. The van der Waals surface area contributed by atoms with Gasteiger partial charge in [0.05, 0.1) is 11.5 Å². The van der Waals surface area contributed by atoms with Crippen molar-refractivity contribution in [2.45, 2.75) is 38.3 Å². The summed E-state index contributed by atoms with van der Waals surface area (Å²) in [6.07, 6.45) is 4.77. The molecule has 1 fully saturated rings. The van der Waals surface area contributed by atoms with Crippen molar-refractivity contribution in [2.24, 2.45) is 0 Å². The zero-order chi connectivity index (χ0) is 15.0. The molecule has 112 valence electrons. The summed E-state index contributed by atoms with van der Waals surface area (Å²) >= 11 is 1.19. The van der Waals surface area contributed by atoms with Crippen LogP contribution in [0.5, 0.6) is 0 Å². The van der Waals surface area contributed by atoms with Gasteiger partial charge in [0.25, 0.3) is 0 Å². The Balaban J connectivity index is 1.94. The maximum atomic E-state index is 11.3. The molecule has 0 aliphatic heterocycles. The molecule has 6 nitrogen and oxygen atoms in total. The first-order valence-corrected chi connectivity index (χ1v) is 7.68. The Labute approximate surface area is 126 Å². The maximum absolute atomic E-state index is 11.3. The molecule has 1 aliphatic rings. The normalized spacial score (nSPS) is 21.8. The Kier molecular flexibility index (Phi) is 3.77. The van der Waals surface area contributed by atoms with Gasteiger partial charge in [-0.15, -0.1) is 11.3 Å². The van der Waals surface area contributed by atoms with Gasteiger partial charge in [-0.25, -0.2) is 14.8 Å². The predicted molar refractivity (Wildman–Crippen MR) is 81.2 cm³/mol. The third-order valence-corrected chi connectivity index (χ3v) is 5.17. The van der Waals surface area contributed by atoms with E-state index in [0.717, 1.165) is 36.0 Å². The van der Waals surface area contributed by atoms with Gasteiger partial charge in [-0.1, -0.05) is 0 Å². The van der Waals surface area contributed by atoms with Crippen molar-refractivity contribution in [3.8, 4) is 0 Å². The lowest BCUT2D eigenvalue weighted by molar-refractivity contribution is 0.0701. The number of hydrogen-bond acceptors (Lipinski definition) is 6. The van der Waals surface area contributed by atoms with E-state index in [1.54, 1.807) is 7.11 Å². The van der Waals surface area contributed by atoms with E-state index in [4.69, 9.17) is 4.74 Å². The molecule has 2 aromatic heterocycles. The van der Waals surface area contributed by atoms with Gasteiger partial charge in [0, 0.05) is 13.2 Å². The molecule has 0 aromatic carbocycles. The Morgan fingerprint density at radius 2 is 2.29 bits per heavy atom. The third-order valence-electron chi connectivity index (χ3n) is 3.98. The molecule has 2 aromatic rings. The van der Waals surface area contributed by atoms with Crippen molar-refractivity contribution < 1.29 is 14.6 Å². The number of aryl methyl sites for hydroxylation is 1. The van der Waals surface area contributed by atoms with Crippen molar-refractivity contribution in [2.75, 3.05) is 12.4 Å². The van der Waals surface area contributed by atoms with E-state index in [-0.39, 0.29) is 6.10 Å². The number of anilines is 1. The Hall–Kier alpha value is -1.73. The Morgan fingerprint density at radius 3 is 2.95 bits per heavy atom. The number of methoxy groups -OCH3 is 1. The summed E-state index contributed by atoms with van der Waals surface area (Å²) in [6.45, 7) is 1.81. The van der Waals surface area contributed by atoms with E-state index in [9.17, 15) is 9.90 Å². The first kappa shape index (κ1) is 14.2. The van der Waals surface area contributed by atoms with Crippen LogP contribution in [0.25, 0.3) is 10.2 Å². The monoisotopic (exact) mass is 307 g/mol. The lowest BCUT2D eigenvalue weighted by Crippen LogP contribution is -2.18. The average molecular weight is 307 g/mol. The Morgan fingerprint density at radius 1 is 1.48 bits per heavy atom.